The second-order valence-electron chi connectivity index (χ2n) is 5.54. The minimum Gasteiger partial charge on any atom is -0.481 e. The van der Waals surface area contributed by atoms with E-state index in [9.17, 15) is 9.59 Å². The van der Waals surface area contributed by atoms with Crippen LogP contribution in [0.4, 0.5) is 0 Å². The molecule has 0 aromatic rings. The number of rotatable bonds is 7. The van der Waals surface area contributed by atoms with Crippen molar-refractivity contribution in [3.8, 4) is 0 Å². The van der Waals surface area contributed by atoms with Gasteiger partial charge in [-0.25, -0.2) is 0 Å². The van der Waals surface area contributed by atoms with E-state index in [1.54, 1.807) is 0 Å². The number of carboxylic acids is 1. The van der Waals surface area contributed by atoms with Gasteiger partial charge in [0, 0.05) is 12.0 Å². The summed E-state index contributed by atoms with van der Waals surface area (Å²) in [7, 11) is 0. The molecular formula is C13H23NO4. The lowest BCUT2D eigenvalue weighted by molar-refractivity contribution is -0.138. The monoisotopic (exact) mass is 257 g/mol. The van der Waals surface area contributed by atoms with Crippen molar-refractivity contribution in [2.75, 3.05) is 6.61 Å². The Hall–Kier alpha value is -1.10. The zero-order valence-electron chi connectivity index (χ0n) is 11.2. The summed E-state index contributed by atoms with van der Waals surface area (Å²) in [4.78, 5) is 22.2. The van der Waals surface area contributed by atoms with Crippen LogP contribution in [-0.4, -0.2) is 35.2 Å². The number of carboxylic acid groups (broad SMARTS) is 1. The van der Waals surface area contributed by atoms with Crippen LogP contribution in [0.2, 0.25) is 0 Å². The third-order valence-corrected chi connectivity index (χ3v) is 3.19. The second kappa shape index (κ2) is 6.73. The summed E-state index contributed by atoms with van der Waals surface area (Å²) < 4.78 is 5.51. The highest BCUT2D eigenvalue weighted by atomic mass is 16.5. The molecule has 0 heterocycles. The van der Waals surface area contributed by atoms with Gasteiger partial charge in [-0.3, -0.25) is 9.59 Å². The zero-order valence-corrected chi connectivity index (χ0v) is 11.2. The average Bonchev–Trinajstić information content (AvgIpc) is 2.76. The number of aliphatic carboxylic acids is 1. The lowest BCUT2D eigenvalue weighted by Gasteiger charge is -2.26. The Morgan fingerprint density at radius 3 is 2.50 bits per heavy atom. The summed E-state index contributed by atoms with van der Waals surface area (Å²) >= 11 is 0. The molecule has 1 rings (SSSR count). The van der Waals surface area contributed by atoms with Crippen molar-refractivity contribution in [2.45, 2.75) is 64.0 Å². The lowest BCUT2D eigenvalue weighted by atomic mass is 9.98. The number of carbonyl (C=O) groups is 2. The third-order valence-electron chi connectivity index (χ3n) is 3.19. The topological polar surface area (TPSA) is 75.6 Å². The van der Waals surface area contributed by atoms with E-state index in [-0.39, 0.29) is 25.0 Å². The van der Waals surface area contributed by atoms with E-state index in [2.05, 4.69) is 5.32 Å². The molecule has 1 aliphatic rings. The van der Waals surface area contributed by atoms with Gasteiger partial charge in [0.2, 0.25) is 5.91 Å². The Balaban J connectivity index is 2.22. The highest BCUT2D eigenvalue weighted by molar-refractivity contribution is 5.78. The molecule has 0 aromatic carbocycles. The second-order valence-corrected chi connectivity index (χ2v) is 5.54. The molecule has 0 spiro atoms. The van der Waals surface area contributed by atoms with Crippen molar-refractivity contribution in [1.29, 1.82) is 0 Å². The first-order valence-electron chi connectivity index (χ1n) is 6.53. The summed E-state index contributed by atoms with van der Waals surface area (Å²) in [6.45, 7) is 3.72. The first kappa shape index (κ1) is 15.0. The molecule has 0 unspecified atom stereocenters. The largest absolute Gasteiger partial charge is 0.481 e. The van der Waals surface area contributed by atoms with Gasteiger partial charge >= 0.3 is 5.97 Å². The van der Waals surface area contributed by atoms with Crippen LogP contribution < -0.4 is 5.32 Å². The number of nitrogens with one attached hydrogen (secondary N) is 1. The van der Waals surface area contributed by atoms with Crippen LogP contribution in [0.15, 0.2) is 0 Å². The van der Waals surface area contributed by atoms with E-state index < -0.39 is 11.5 Å². The van der Waals surface area contributed by atoms with Crippen molar-refractivity contribution in [2.24, 2.45) is 0 Å². The SMILES string of the molecule is CC(C)(CCC(=O)O)NC(=O)COC1CCCC1. The van der Waals surface area contributed by atoms with Crippen LogP contribution in [0.1, 0.15) is 52.4 Å². The van der Waals surface area contributed by atoms with Crippen LogP contribution in [0.5, 0.6) is 0 Å². The smallest absolute Gasteiger partial charge is 0.303 e. The molecule has 0 aliphatic heterocycles. The van der Waals surface area contributed by atoms with E-state index in [0.717, 1.165) is 12.8 Å². The fraction of sp³-hybridized carbons (Fsp3) is 0.846. The maximum Gasteiger partial charge on any atom is 0.303 e. The Labute approximate surface area is 108 Å². The molecular weight excluding hydrogens is 234 g/mol. The van der Waals surface area contributed by atoms with Crippen molar-refractivity contribution in [1.82, 2.24) is 5.32 Å². The lowest BCUT2D eigenvalue weighted by Crippen LogP contribution is -2.45. The van der Waals surface area contributed by atoms with Gasteiger partial charge in [0.25, 0.3) is 0 Å². The number of ether oxygens (including phenoxy) is 1. The predicted octanol–water partition coefficient (Wildman–Crippen LogP) is 1.71. The van der Waals surface area contributed by atoms with Crippen LogP contribution in [0, 0.1) is 0 Å². The van der Waals surface area contributed by atoms with Crippen molar-refractivity contribution < 1.29 is 19.4 Å². The maximum atomic E-state index is 11.7. The standard InChI is InChI=1S/C13H23NO4/c1-13(2,8-7-12(16)17)14-11(15)9-18-10-5-3-4-6-10/h10H,3-9H2,1-2H3,(H,14,15)(H,16,17). The molecule has 5 heteroatoms. The Morgan fingerprint density at radius 2 is 1.94 bits per heavy atom. The molecule has 0 aromatic heterocycles. The van der Waals surface area contributed by atoms with Crippen molar-refractivity contribution in [3.63, 3.8) is 0 Å². The highest BCUT2D eigenvalue weighted by Gasteiger charge is 2.22. The summed E-state index contributed by atoms with van der Waals surface area (Å²) in [6.07, 6.45) is 5.12. The normalized spacial score (nSPS) is 16.8. The van der Waals surface area contributed by atoms with Crippen LogP contribution in [0.25, 0.3) is 0 Å². The van der Waals surface area contributed by atoms with Crippen molar-refractivity contribution in [3.05, 3.63) is 0 Å². The molecule has 2 N–H and O–H groups in total. The molecule has 0 radical (unpaired) electrons. The van der Waals surface area contributed by atoms with Gasteiger partial charge < -0.3 is 15.2 Å². The van der Waals surface area contributed by atoms with E-state index in [1.807, 2.05) is 13.8 Å². The average molecular weight is 257 g/mol. The minimum absolute atomic E-state index is 0.0523. The van der Waals surface area contributed by atoms with Crippen LogP contribution >= 0.6 is 0 Å². The Morgan fingerprint density at radius 1 is 1.33 bits per heavy atom. The van der Waals surface area contributed by atoms with Crippen molar-refractivity contribution >= 4 is 11.9 Å². The first-order chi connectivity index (χ1) is 8.39. The maximum absolute atomic E-state index is 11.7. The summed E-state index contributed by atoms with van der Waals surface area (Å²) in [5.74, 6) is -1.02. The van der Waals surface area contributed by atoms with Gasteiger partial charge in [0.05, 0.1) is 6.10 Å². The number of hydrogen-bond donors (Lipinski definition) is 2. The Kier molecular flexibility index (Phi) is 5.59. The predicted molar refractivity (Wildman–Crippen MR) is 67.3 cm³/mol. The van der Waals surface area contributed by atoms with Gasteiger partial charge in [-0.05, 0) is 33.1 Å². The van der Waals surface area contributed by atoms with E-state index in [1.165, 1.54) is 12.8 Å². The van der Waals surface area contributed by atoms with E-state index in [4.69, 9.17) is 9.84 Å². The molecule has 1 fully saturated rings. The number of carbonyl (C=O) groups excluding carboxylic acids is 1. The van der Waals surface area contributed by atoms with Gasteiger partial charge in [-0.15, -0.1) is 0 Å². The fourth-order valence-corrected chi connectivity index (χ4v) is 2.14. The molecule has 0 atom stereocenters. The molecule has 1 saturated carbocycles. The fourth-order valence-electron chi connectivity index (χ4n) is 2.14. The molecule has 1 amide bonds. The summed E-state index contributed by atoms with van der Waals surface area (Å²) in [5.41, 5.74) is -0.505. The quantitative estimate of drug-likeness (QED) is 0.728. The van der Waals surface area contributed by atoms with Gasteiger partial charge in [-0.2, -0.15) is 0 Å². The molecule has 5 nitrogen and oxygen atoms in total. The Bertz CT molecular complexity index is 295. The van der Waals surface area contributed by atoms with E-state index in [0.29, 0.717) is 6.42 Å². The van der Waals surface area contributed by atoms with Gasteiger partial charge in [0.15, 0.2) is 0 Å². The third kappa shape index (κ3) is 6.00. The van der Waals surface area contributed by atoms with E-state index >= 15 is 0 Å². The van der Waals surface area contributed by atoms with Gasteiger partial charge in [-0.1, -0.05) is 12.8 Å². The van der Waals surface area contributed by atoms with Gasteiger partial charge in [0.1, 0.15) is 6.61 Å². The summed E-state index contributed by atoms with van der Waals surface area (Å²) in [6, 6.07) is 0. The van der Waals surface area contributed by atoms with Crippen LogP contribution in [-0.2, 0) is 14.3 Å². The number of amides is 1. The summed E-state index contributed by atoms with van der Waals surface area (Å²) in [5, 5.41) is 11.4. The first-order valence-corrected chi connectivity index (χ1v) is 6.53. The molecule has 0 saturated heterocycles. The van der Waals surface area contributed by atoms with Crippen LogP contribution in [0.3, 0.4) is 0 Å². The number of hydrogen-bond acceptors (Lipinski definition) is 3. The highest BCUT2D eigenvalue weighted by Crippen LogP contribution is 2.20. The molecule has 0 bridgehead atoms. The molecule has 1 aliphatic carbocycles. The molecule has 18 heavy (non-hydrogen) atoms. The minimum atomic E-state index is -0.848. The zero-order chi connectivity index (χ0) is 13.6. The molecule has 104 valence electrons.